The molecule has 0 radical (unpaired) electrons. The molecule has 0 aromatic heterocycles. The number of hydrogen-bond acceptors (Lipinski definition) is 3. The zero-order valence-electron chi connectivity index (χ0n) is 14.4. The summed E-state index contributed by atoms with van der Waals surface area (Å²) in [6.45, 7) is 4.50. The van der Waals surface area contributed by atoms with Gasteiger partial charge < -0.3 is 10.6 Å². The lowest BCUT2D eigenvalue weighted by atomic mass is 9.88. The summed E-state index contributed by atoms with van der Waals surface area (Å²) in [5.41, 5.74) is -0.127. The molecule has 2 amide bonds. The van der Waals surface area contributed by atoms with Crippen LogP contribution >= 0.6 is 0 Å². The average Bonchev–Trinajstić information content (AvgIpc) is 2.73. The third-order valence-electron chi connectivity index (χ3n) is 4.55. The maximum absolute atomic E-state index is 13.1. The third-order valence-corrected chi connectivity index (χ3v) is 4.55. The molecule has 5 nitrogen and oxygen atoms in total. The van der Waals surface area contributed by atoms with Crippen LogP contribution in [0.25, 0.3) is 0 Å². The van der Waals surface area contributed by atoms with Crippen molar-refractivity contribution in [3.05, 3.63) is 24.3 Å². The first-order valence-electron chi connectivity index (χ1n) is 7.99. The minimum Gasteiger partial charge on any atom is -0.326 e. The summed E-state index contributed by atoms with van der Waals surface area (Å²) in [6.07, 6.45) is -4.29. The summed E-state index contributed by atoms with van der Waals surface area (Å²) in [7, 11) is 0. The number of likely N-dealkylation sites (tertiary alicyclic amines) is 1. The lowest BCUT2D eigenvalue weighted by Crippen LogP contribution is -2.49. The molecule has 1 aromatic carbocycles. The van der Waals surface area contributed by atoms with Gasteiger partial charge in [0, 0.05) is 23.8 Å². The number of benzene rings is 1. The number of alkyl halides is 3. The van der Waals surface area contributed by atoms with E-state index >= 15 is 0 Å². The number of halogens is 3. The van der Waals surface area contributed by atoms with Gasteiger partial charge in [0.05, 0.1) is 12.5 Å². The Bertz CT molecular complexity index is 659. The van der Waals surface area contributed by atoms with E-state index in [1.54, 1.807) is 29.2 Å². The number of rotatable bonds is 4. The van der Waals surface area contributed by atoms with E-state index in [9.17, 15) is 22.8 Å². The van der Waals surface area contributed by atoms with Crippen molar-refractivity contribution >= 4 is 23.2 Å². The summed E-state index contributed by atoms with van der Waals surface area (Å²) < 4.78 is 39.3. The molecule has 2 N–H and O–H groups in total. The molecule has 1 aromatic rings. The number of nitrogens with zero attached hydrogens (tertiary/aromatic N) is 1. The minimum absolute atomic E-state index is 0.0121. The molecule has 1 aliphatic rings. The molecule has 25 heavy (non-hydrogen) atoms. The fraction of sp³-hybridized carbons (Fsp3) is 0.529. The largest absolute Gasteiger partial charge is 0.393 e. The number of carbonyl (C=O) groups is 2. The van der Waals surface area contributed by atoms with Crippen molar-refractivity contribution in [2.24, 2.45) is 5.92 Å². The van der Waals surface area contributed by atoms with Crippen molar-refractivity contribution in [3.63, 3.8) is 0 Å². The molecule has 0 bridgehead atoms. The molecular weight excluding hydrogens is 335 g/mol. The second-order valence-corrected chi connectivity index (χ2v) is 6.77. The zero-order valence-corrected chi connectivity index (χ0v) is 14.4. The second kappa shape index (κ2) is 7.03. The standard InChI is InChI=1S/C17H22F3N3O2/c1-11(24)21-12-5-4-6-13(9-12)22-15(25)10-23-8-7-14(16(23,2)3)17(18,19)20/h4-6,9,14H,7-8,10H2,1-3H3,(H,21,24)(H,22,25)/t14-/m1/s1. The highest BCUT2D eigenvalue weighted by molar-refractivity contribution is 5.94. The number of anilines is 2. The van der Waals surface area contributed by atoms with Gasteiger partial charge in [0.1, 0.15) is 0 Å². The molecule has 1 saturated heterocycles. The Morgan fingerprint density at radius 1 is 1.24 bits per heavy atom. The van der Waals surface area contributed by atoms with Crippen LogP contribution < -0.4 is 10.6 Å². The van der Waals surface area contributed by atoms with Crippen molar-refractivity contribution in [1.29, 1.82) is 0 Å². The Balaban J connectivity index is 2.00. The van der Waals surface area contributed by atoms with Gasteiger partial charge in [-0.05, 0) is 45.0 Å². The number of nitrogens with one attached hydrogen (secondary N) is 2. The Kier molecular flexibility index (Phi) is 5.41. The molecule has 0 aliphatic carbocycles. The first-order chi connectivity index (χ1) is 11.5. The van der Waals surface area contributed by atoms with Gasteiger partial charge in [-0.2, -0.15) is 13.2 Å². The monoisotopic (exact) mass is 357 g/mol. The van der Waals surface area contributed by atoms with Crippen LogP contribution in [0.4, 0.5) is 24.5 Å². The lowest BCUT2D eigenvalue weighted by Gasteiger charge is -2.36. The Morgan fingerprint density at radius 2 is 1.84 bits per heavy atom. The van der Waals surface area contributed by atoms with E-state index in [1.807, 2.05) is 0 Å². The van der Waals surface area contributed by atoms with Crippen LogP contribution in [-0.2, 0) is 9.59 Å². The van der Waals surface area contributed by atoms with Crippen LogP contribution in [0.5, 0.6) is 0 Å². The Labute approximate surface area is 144 Å². The molecular formula is C17H22F3N3O2. The molecule has 0 unspecified atom stereocenters. The number of carbonyl (C=O) groups excluding carboxylic acids is 2. The quantitative estimate of drug-likeness (QED) is 0.870. The van der Waals surface area contributed by atoms with E-state index in [-0.39, 0.29) is 25.4 Å². The fourth-order valence-electron chi connectivity index (χ4n) is 3.25. The summed E-state index contributed by atoms with van der Waals surface area (Å²) >= 11 is 0. The smallest absolute Gasteiger partial charge is 0.326 e. The van der Waals surface area contributed by atoms with Crippen molar-refractivity contribution in [1.82, 2.24) is 4.90 Å². The van der Waals surface area contributed by atoms with Gasteiger partial charge >= 0.3 is 6.18 Å². The summed E-state index contributed by atoms with van der Waals surface area (Å²) in [5, 5.41) is 5.26. The molecule has 8 heteroatoms. The van der Waals surface area contributed by atoms with E-state index < -0.39 is 23.5 Å². The van der Waals surface area contributed by atoms with E-state index in [4.69, 9.17) is 0 Å². The summed E-state index contributed by atoms with van der Waals surface area (Å²) in [4.78, 5) is 24.8. The molecule has 2 rings (SSSR count). The van der Waals surface area contributed by atoms with E-state index in [0.29, 0.717) is 11.4 Å². The van der Waals surface area contributed by atoms with Crippen LogP contribution in [0.3, 0.4) is 0 Å². The third kappa shape index (κ3) is 4.72. The van der Waals surface area contributed by atoms with Crippen molar-refractivity contribution < 1.29 is 22.8 Å². The predicted molar refractivity (Wildman–Crippen MR) is 89.2 cm³/mol. The fourth-order valence-corrected chi connectivity index (χ4v) is 3.25. The highest BCUT2D eigenvalue weighted by atomic mass is 19.4. The molecule has 0 saturated carbocycles. The van der Waals surface area contributed by atoms with Gasteiger partial charge in [-0.1, -0.05) is 6.07 Å². The van der Waals surface area contributed by atoms with Gasteiger partial charge in [-0.3, -0.25) is 14.5 Å². The SMILES string of the molecule is CC(=O)Nc1cccc(NC(=O)CN2CC[C@@H](C(F)(F)F)C2(C)C)c1. The van der Waals surface area contributed by atoms with E-state index in [1.165, 1.54) is 20.8 Å². The van der Waals surface area contributed by atoms with Crippen LogP contribution in [0.1, 0.15) is 27.2 Å². The van der Waals surface area contributed by atoms with Gasteiger partial charge in [-0.15, -0.1) is 0 Å². The van der Waals surface area contributed by atoms with Crippen LogP contribution in [-0.4, -0.2) is 41.5 Å². The van der Waals surface area contributed by atoms with Crippen molar-refractivity contribution in [2.75, 3.05) is 23.7 Å². The molecule has 1 aliphatic heterocycles. The van der Waals surface area contributed by atoms with E-state index in [0.717, 1.165) is 0 Å². The minimum atomic E-state index is -4.28. The molecule has 1 atom stereocenters. The van der Waals surface area contributed by atoms with Gasteiger partial charge in [-0.25, -0.2) is 0 Å². The predicted octanol–water partition coefficient (Wildman–Crippen LogP) is 3.25. The van der Waals surface area contributed by atoms with Crippen LogP contribution in [0.2, 0.25) is 0 Å². The van der Waals surface area contributed by atoms with Crippen LogP contribution in [0.15, 0.2) is 24.3 Å². The Hall–Kier alpha value is -2.09. The maximum atomic E-state index is 13.1. The van der Waals surface area contributed by atoms with E-state index in [2.05, 4.69) is 10.6 Å². The molecule has 0 spiro atoms. The van der Waals surface area contributed by atoms with Crippen LogP contribution in [0, 0.1) is 5.92 Å². The van der Waals surface area contributed by atoms with Crippen molar-refractivity contribution in [2.45, 2.75) is 38.9 Å². The first-order valence-corrected chi connectivity index (χ1v) is 7.99. The normalized spacial score (nSPS) is 20.3. The van der Waals surface area contributed by atoms with Gasteiger partial charge in [0.25, 0.3) is 0 Å². The Morgan fingerprint density at radius 3 is 2.36 bits per heavy atom. The highest BCUT2D eigenvalue weighted by Crippen LogP contribution is 2.44. The van der Waals surface area contributed by atoms with Gasteiger partial charge in [0.2, 0.25) is 11.8 Å². The first kappa shape index (κ1) is 19.2. The number of amides is 2. The average molecular weight is 357 g/mol. The zero-order chi connectivity index (χ0) is 18.8. The molecule has 138 valence electrons. The second-order valence-electron chi connectivity index (χ2n) is 6.77. The topological polar surface area (TPSA) is 61.4 Å². The molecule has 1 fully saturated rings. The van der Waals surface area contributed by atoms with Gasteiger partial charge in [0.15, 0.2) is 0 Å². The lowest BCUT2D eigenvalue weighted by molar-refractivity contribution is -0.191. The highest BCUT2D eigenvalue weighted by Gasteiger charge is 2.54. The van der Waals surface area contributed by atoms with Crippen molar-refractivity contribution in [3.8, 4) is 0 Å². The maximum Gasteiger partial charge on any atom is 0.393 e. The molecule has 1 heterocycles. The summed E-state index contributed by atoms with van der Waals surface area (Å²) in [6, 6.07) is 6.58. The summed E-state index contributed by atoms with van der Waals surface area (Å²) in [5.74, 6) is -2.08. The number of hydrogen-bond donors (Lipinski definition) is 2.